The minimum atomic E-state index is -0.190. The van der Waals surface area contributed by atoms with Crippen molar-refractivity contribution in [2.75, 3.05) is 12.0 Å². The van der Waals surface area contributed by atoms with E-state index in [9.17, 15) is 4.79 Å². The zero-order valence-electron chi connectivity index (χ0n) is 17.2. The molecule has 2 aromatic carbocycles. The maximum Gasteiger partial charge on any atom is 0.264 e. The number of rotatable bonds is 7. The van der Waals surface area contributed by atoms with Gasteiger partial charge in [-0.2, -0.15) is 10.1 Å². The van der Waals surface area contributed by atoms with Crippen LogP contribution in [0.3, 0.4) is 0 Å². The van der Waals surface area contributed by atoms with Crippen molar-refractivity contribution in [1.82, 2.24) is 25.2 Å². The number of amides is 1. The molecule has 9 heteroatoms. The second-order valence-electron chi connectivity index (χ2n) is 6.98. The predicted octanol–water partition coefficient (Wildman–Crippen LogP) is 3.53. The molecule has 0 fully saturated rings. The van der Waals surface area contributed by atoms with Crippen molar-refractivity contribution in [2.45, 2.75) is 25.0 Å². The number of anilines is 1. The van der Waals surface area contributed by atoms with Gasteiger partial charge in [-0.25, -0.2) is 4.68 Å². The highest BCUT2D eigenvalue weighted by Gasteiger charge is 2.23. The third-order valence-corrected chi connectivity index (χ3v) is 5.40. The number of benzene rings is 2. The fraction of sp³-hybridized carbons (Fsp3) is 0.182. The minimum absolute atomic E-state index is 0.00899. The van der Waals surface area contributed by atoms with E-state index in [2.05, 4.69) is 20.6 Å². The lowest BCUT2D eigenvalue weighted by Crippen LogP contribution is -2.28. The van der Waals surface area contributed by atoms with E-state index in [4.69, 9.17) is 10.3 Å². The van der Waals surface area contributed by atoms with Gasteiger partial charge in [-0.15, -0.1) is 11.8 Å². The number of hydrogen-bond acceptors (Lipinski definition) is 7. The van der Waals surface area contributed by atoms with Gasteiger partial charge in [-0.1, -0.05) is 65.3 Å². The number of nitrogens with zero attached hydrogens (tertiary/aromatic N) is 4. The van der Waals surface area contributed by atoms with Crippen molar-refractivity contribution in [3.8, 4) is 22.8 Å². The van der Waals surface area contributed by atoms with E-state index in [1.165, 1.54) is 22.0 Å². The maximum atomic E-state index is 12.5. The summed E-state index contributed by atoms with van der Waals surface area (Å²) in [5.41, 5.74) is 9.88. The molecule has 0 saturated heterocycles. The number of thioether (sulfide) groups is 1. The Bertz CT molecular complexity index is 1180. The summed E-state index contributed by atoms with van der Waals surface area (Å²) in [4.78, 5) is 16.9. The molecule has 0 aliphatic rings. The molecule has 0 atom stereocenters. The molecule has 8 nitrogen and oxygen atoms in total. The van der Waals surface area contributed by atoms with Crippen molar-refractivity contribution >= 4 is 23.5 Å². The first-order chi connectivity index (χ1) is 15.0. The number of nitrogen functional groups attached to an aromatic ring is 1. The molecule has 4 aromatic rings. The first kappa shape index (κ1) is 20.7. The van der Waals surface area contributed by atoms with E-state index in [-0.39, 0.29) is 18.3 Å². The molecule has 0 aliphatic carbocycles. The Hall–Kier alpha value is -3.59. The van der Waals surface area contributed by atoms with Crippen LogP contribution in [0.4, 0.5) is 5.82 Å². The summed E-state index contributed by atoms with van der Waals surface area (Å²) in [6.45, 7) is 2.45. The average Bonchev–Trinajstić information content (AvgIpc) is 3.39. The monoisotopic (exact) mass is 434 g/mol. The molecule has 158 valence electrons. The van der Waals surface area contributed by atoms with E-state index in [1.54, 1.807) is 0 Å². The van der Waals surface area contributed by atoms with Gasteiger partial charge in [0.1, 0.15) is 23.0 Å². The predicted molar refractivity (Wildman–Crippen MR) is 120 cm³/mol. The molecule has 0 bridgehead atoms. The Labute approximate surface area is 183 Å². The van der Waals surface area contributed by atoms with Crippen molar-refractivity contribution < 1.29 is 9.32 Å². The molecule has 3 N–H and O–H groups in total. The van der Waals surface area contributed by atoms with Gasteiger partial charge >= 0.3 is 0 Å². The zero-order valence-corrected chi connectivity index (χ0v) is 18.0. The number of aryl methyl sites for hydroxylation is 1. The van der Waals surface area contributed by atoms with Gasteiger partial charge in [-0.05, 0) is 18.7 Å². The van der Waals surface area contributed by atoms with E-state index in [1.807, 2.05) is 67.8 Å². The van der Waals surface area contributed by atoms with Gasteiger partial charge in [0.25, 0.3) is 5.89 Å². The first-order valence-electron chi connectivity index (χ1n) is 9.67. The fourth-order valence-corrected chi connectivity index (χ4v) is 3.62. The lowest BCUT2D eigenvalue weighted by Gasteiger charge is -2.07. The lowest BCUT2D eigenvalue weighted by molar-refractivity contribution is -0.122. The Morgan fingerprint density at radius 2 is 1.90 bits per heavy atom. The number of carbonyl (C=O) groups is 1. The van der Waals surface area contributed by atoms with Crippen LogP contribution >= 0.6 is 11.8 Å². The summed E-state index contributed by atoms with van der Waals surface area (Å²) < 4.78 is 6.91. The van der Waals surface area contributed by atoms with Gasteiger partial charge in [0.2, 0.25) is 11.7 Å². The minimum Gasteiger partial charge on any atom is -0.383 e. The molecule has 0 saturated carbocycles. The Morgan fingerprint density at radius 1 is 1.16 bits per heavy atom. The SMILES string of the molecule is CSc1nn(CC(=O)NCc2ccc(C)cc2)c(N)c1-c1nc(-c2ccccc2)no1. The molecule has 1 amide bonds. The normalized spacial score (nSPS) is 10.9. The topological polar surface area (TPSA) is 112 Å². The maximum absolute atomic E-state index is 12.5. The van der Waals surface area contributed by atoms with Crippen molar-refractivity contribution in [3.63, 3.8) is 0 Å². The van der Waals surface area contributed by atoms with Crippen LogP contribution in [-0.4, -0.2) is 32.1 Å². The molecule has 2 heterocycles. The standard InChI is InChI=1S/C22H22N6O2S/c1-14-8-10-15(11-9-14)12-24-17(29)13-28-19(23)18(22(26-28)31-2)21-25-20(27-30-21)16-6-4-3-5-7-16/h3-11H,12-13,23H2,1-2H3,(H,24,29). The first-order valence-corrected chi connectivity index (χ1v) is 10.9. The Kier molecular flexibility index (Phi) is 6.03. The number of hydrogen-bond donors (Lipinski definition) is 2. The highest BCUT2D eigenvalue weighted by atomic mass is 32.2. The third-order valence-electron chi connectivity index (χ3n) is 4.73. The van der Waals surface area contributed by atoms with Crippen LogP contribution < -0.4 is 11.1 Å². The summed E-state index contributed by atoms with van der Waals surface area (Å²) in [6.07, 6.45) is 1.88. The molecule has 2 aromatic heterocycles. The molecule has 0 spiro atoms. The van der Waals surface area contributed by atoms with Crippen LogP contribution in [0.15, 0.2) is 64.1 Å². The largest absolute Gasteiger partial charge is 0.383 e. The highest BCUT2D eigenvalue weighted by Crippen LogP contribution is 2.34. The molecule has 0 unspecified atom stereocenters. The zero-order chi connectivity index (χ0) is 21.8. The molecule has 31 heavy (non-hydrogen) atoms. The number of nitrogens with two attached hydrogens (primary N) is 1. The second-order valence-corrected chi connectivity index (χ2v) is 7.77. The molecular formula is C22H22N6O2S. The number of carbonyl (C=O) groups excluding carboxylic acids is 1. The highest BCUT2D eigenvalue weighted by molar-refractivity contribution is 7.98. The van der Waals surface area contributed by atoms with Crippen molar-refractivity contribution in [3.05, 3.63) is 65.7 Å². The van der Waals surface area contributed by atoms with Gasteiger partial charge in [-0.3, -0.25) is 4.79 Å². The van der Waals surface area contributed by atoms with Gasteiger partial charge < -0.3 is 15.6 Å². The van der Waals surface area contributed by atoms with Crippen LogP contribution in [0, 0.1) is 6.92 Å². The van der Waals surface area contributed by atoms with E-state index in [0.29, 0.717) is 28.8 Å². The van der Waals surface area contributed by atoms with Gasteiger partial charge in [0, 0.05) is 12.1 Å². The van der Waals surface area contributed by atoms with E-state index >= 15 is 0 Å². The van der Waals surface area contributed by atoms with Crippen molar-refractivity contribution in [2.24, 2.45) is 0 Å². The summed E-state index contributed by atoms with van der Waals surface area (Å²) in [7, 11) is 0. The number of nitrogens with one attached hydrogen (secondary N) is 1. The number of aromatic nitrogens is 4. The van der Waals surface area contributed by atoms with Crippen LogP contribution in [0.1, 0.15) is 11.1 Å². The quantitative estimate of drug-likeness (QED) is 0.428. The molecule has 0 radical (unpaired) electrons. The molecule has 4 rings (SSSR count). The van der Waals surface area contributed by atoms with E-state index in [0.717, 1.165) is 11.1 Å². The smallest absolute Gasteiger partial charge is 0.264 e. The Balaban J connectivity index is 1.51. The molecular weight excluding hydrogens is 412 g/mol. The van der Waals surface area contributed by atoms with Gasteiger partial charge in [0.05, 0.1) is 0 Å². The average molecular weight is 435 g/mol. The summed E-state index contributed by atoms with van der Waals surface area (Å²) in [6, 6.07) is 17.5. The fourth-order valence-electron chi connectivity index (χ4n) is 3.04. The summed E-state index contributed by atoms with van der Waals surface area (Å²) in [5, 5.41) is 12.0. The van der Waals surface area contributed by atoms with Crippen LogP contribution in [-0.2, 0) is 17.9 Å². The van der Waals surface area contributed by atoms with Crippen LogP contribution in [0.25, 0.3) is 22.8 Å². The third kappa shape index (κ3) is 4.61. The second kappa shape index (κ2) is 9.05. The van der Waals surface area contributed by atoms with E-state index < -0.39 is 0 Å². The van der Waals surface area contributed by atoms with Gasteiger partial charge in [0.15, 0.2) is 0 Å². The lowest BCUT2D eigenvalue weighted by atomic mass is 10.1. The summed E-state index contributed by atoms with van der Waals surface area (Å²) >= 11 is 1.40. The van der Waals surface area contributed by atoms with Crippen molar-refractivity contribution in [1.29, 1.82) is 0 Å². The Morgan fingerprint density at radius 3 is 2.61 bits per heavy atom. The molecule has 0 aliphatic heterocycles. The summed E-state index contributed by atoms with van der Waals surface area (Å²) in [5.74, 6) is 0.847. The van der Waals surface area contributed by atoms with Crippen LogP contribution in [0.5, 0.6) is 0 Å². The van der Waals surface area contributed by atoms with Crippen LogP contribution in [0.2, 0.25) is 0 Å².